The molecule has 15 heavy (non-hydrogen) atoms. The smallest absolute Gasteiger partial charge is 0.130 e. The summed E-state index contributed by atoms with van der Waals surface area (Å²) in [5.41, 5.74) is 0.306. The first-order valence-corrected chi connectivity index (χ1v) is 6.02. The van der Waals surface area contributed by atoms with Gasteiger partial charge in [0, 0.05) is 14.9 Å². The van der Waals surface area contributed by atoms with Gasteiger partial charge in [-0.05, 0) is 23.6 Å². The average Bonchev–Trinajstić information content (AvgIpc) is 2.69. The highest BCUT2D eigenvalue weighted by Gasteiger charge is 2.15. The molecule has 0 amide bonds. The summed E-state index contributed by atoms with van der Waals surface area (Å²) in [6, 6.07) is 8.28. The van der Waals surface area contributed by atoms with E-state index in [2.05, 4.69) is 15.9 Å². The first-order valence-electron chi connectivity index (χ1n) is 4.35. The molecule has 2 aromatic rings. The lowest BCUT2D eigenvalue weighted by atomic mass is 10.1. The highest BCUT2D eigenvalue weighted by molar-refractivity contribution is 9.10. The van der Waals surface area contributed by atoms with E-state index in [1.165, 1.54) is 17.4 Å². The number of aliphatic hydroxyl groups excluding tert-OH is 1. The van der Waals surface area contributed by atoms with Crippen molar-refractivity contribution in [2.75, 3.05) is 0 Å². The minimum absolute atomic E-state index is 0.306. The summed E-state index contributed by atoms with van der Waals surface area (Å²) in [6.07, 6.45) is -0.877. The van der Waals surface area contributed by atoms with E-state index in [0.29, 0.717) is 10.0 Å². The van der Waals surface area contributed by atoms with Crippen molar-refractivity contribution >= 4 is 27.3 Å². The van der Waals surface area contributed by atoms with Gasteiger partial charge in [-0.25, -0.2) is 4.39 Å². The summed E-state index contributed by atoms with van der Waals surface area (Å²) in [4.78, 5) is 0.747. The molecule has 0 radical (unpaired) electrons. The number of aliphatic hydroxyl groups is 1. The topological polar surface area (TPSA) is 20.2 Å². The zero-order chi connectivity index (χ0) is 10.8. The highest BCUT2D eigenvalue weighted by atomic mass is 79.9. The van der Waals surface area contributed by atoms with Gasteiger partial charge >= 0.3 is 0 Å². The Kier molecular flexibility index (Phi) is 3.19. The molecule has 1 N–H and O–H groups in total. The number of thiophene rings is 1. The third-order valence-electron chi connectivity index (χ3n) is 2.07. The van der Waals surface area contributed by atoms with Crippen molar-refractivity contribution in [3.8, 4) is 0 Å². The van der Waals surface area contributed by atoms with Gasteiger partial charge in [-0.15, -0.1) is 11.3 Å². The van der Waals surface area contributed by atoms with Gasteiger partial charge in [-0.3, -0.25) is 0 Å². The first kappa shape index (κ1) is 10.8. The molecule has 1 heterocycles. The van der Waals surface area contributed by atoms with Crippen LogP contribution in [0.15, 0.2) is 40.2 Å². The Hall–Kier alpha value is -0.710. The van der Waals surface area contributed by atoms with Gasteiger partial charge in [0.15, 0.2) is 0 Å². The number of hydrogen-bond acceptors (Lipinski definition) is 2. The molecule has 1 aromatic carbocycles. The van der Waals surface area contributed by atoms with Crippen LogP contribution in [0.25, 0.3) is 0 Å². The maximum absolute atomic E-state index is 13.5. The van der Waals surface area contributed by atoms with Crippen LogP contribution in [-0.2, 0) is 0 Å². The minimum atomic E-state index is -0.877. The van der Waals surface area contributed by atoms with Gasteiger partial charge in [0.2, 0.25) is 0 Å². The highest BCUT2D eigenvalue weighted by Crippen LogP contribution is 2.28. The molecule has 1 aromatic heterocycles. The normalized spacial score (nSPS) is 12.7. The predicted octanol–water partition coefficient (Wildman–Crippen LogP) is 3.73. The molecular weight excluding hydrogens is 279 g/mol. The van der Waals surface area contributed by atoms with Crippen molar-refractivity contribution in [1.82, 2.24) is 0 Å². The second-order valence-corrected chi connectivity index (χ2v) is 4.98. The van der Waals surface area contributed by atoms with Gasteiger partial charge in [-0.2, -0.15) is 0 Å². The quantitative estimate of drug-likeness (QED) is 0.892. The molecule has 0 aliphatic rings. The SMILES string of the molecule is OC(c1cccs1)c1ccc(Br)cc1F. The van der Waals surface area contributed by atoms with Gasteiger partial charge in [0.1, 0.15) is 11.9 Å². The molecule has 78 valence electrons. The molecule has 1 unspecified atom stereocenters. The standard InChI is InChI=1S/C11H8BrFOS/c12-7-3-4-8(9(13)6-7)11(14)10-2-1-5-15-10/h1-6,11,14H. The van der Waals surface area contributed by atoms with E-state index in [1.54, 1.807) is 18.2 Å². The molecule has 0 aliphatic heterocycles. The van der Waals surface area contributed by atoms with Crippen LogP contribution in [0.1, 0.15) is 16.5 Å². The van der Waals surface area contributed by atoms with Gasteiger partial charge in [0.25, 0.3) is 0 Å². The van der Waals surface area contributed by atoms with E-state index >= 15 is 0 Å². The van der Waals surface area contributed by atoms with Gasteiger partial charge < -0.3 is 5.11 Å². The lowest BCUT2D eigenvalue weighted by Crippen LogP contribution is -2.00. The molecule has 0 saturated carbocycles. The molecule has 0 saturated heterocycles. The third-order valence-corrected chi connectivity index (χ3v) is 3.49. The molecular formula is C11H8BrFOS. The van der Waals surface area contributed by atoms with Crippen molar-refractivity contribution in [3.63, 3.8) is 0 Å². The zero-order valence-corrected chi connectivity index (χ0v) is 10.1. The Morgan fingerprint density at radius 3 is 2.73 bits per heavy atom. The third kappa shape index (κ3) is 2.27. The molecule has 0 bridgehead atoms. The van der Waals surface area contributed by atoms with Crippen LogP contribution in [0.4, 0.5) is 4.39 Å². The Morgan fingerprint density at radius 1 is 1.33 bits per heavy atom. The van der Waals surface area contributed by atoms with Crippen molar-refractivity contribution < 1.29 is 9.50 Å². The fraction of sp³-hybridized carbons (Fsp3) is 0.0909. The van der Waals surface area contributed by atoms with Gasteiger partial charge in [-0.1, -0.05) is 28.1 Å². The van der Waals surface area contributed by atoms with Crippen molar-refractivity contribution in [1.29, 1.82) is 0 Å². The first-order chi connectivity index (χ1) is 7.18. The molecule has 1 atom stereocenters. The van der Waals surface area contributed by atoms with Gasteiger partial charge in [0.05, 0.1) is 0 Å². The molecule has 0 spiro atoms. The second-order valence-electron chi connectivity index (χ2n) is 3.08. The Labute approximate surface area is 99.3 Å². The summed E-state index contributed by atoms with van der Waals surface area (Å²) < 4.78 is 14.2. The lowest BCUT2D eigenvalue weighted by Gasteiger charge is -2.09. The fourth-order valence-corrected chi connectivity index (χ4v) is 2.38. The van der Waals surface area contributed by atoms with Crippen LogP contribution in [0.2, 0.25) is 0 Å². The summed E-state index contributed by atoms with van der Waals surface area (Å²) in [6.45, 7) is 0. The molecule has 0 fully saturated rings. The summed E-state index contributed by atoms with van der Waals surface area (Å²) in [5.74, 6) is -0.398. The van der Waals surface area contributed by atoms with Crippen LogP contribution in [0.5, 0.6) is 0 Å². The predicted molar refractivity (Wildman–Crippen MR) is 62.5 cm³/mol. The largest absolute Gasteiger partial charge is 0.383 e. The van der Waals surface area contributed by atoms with Crippen LogP contribution >= 0.6 is 27.3 Å². The van der Waals surface area contributed by atoms with Crippen LogP contribution in [0, 0.1) is 5.82 Å². The Morgan fingerprint density at radius 2 is 2.13 bits per heavy atom. The zero-order valence-electron chi connectivity index (χ0n) is 7.65. The van der Waals surface area contributed by atoms with Crippen LogP contribution in [0.3, 0.4) is 0 Å². The number of halogens is 2. The average molecular weight is 287 g/mol. The van der Waals surface area contributed by atoms with E-state index in [-0.39, 0.29) is 0 Å². The van der Waals surface area contributed by atoms with Crippen LogP contribution in [-0.4, -0.2) is 5.11 Å². The summed E-state index contributed by atoms with van der Waals surface area (Å²) in [5, 5.41) is 11.8. The van der Waals surface area contributed by atoms with E-state index < -0.39 is 11.9 Å². The molecule has 1 nitrogen and oxygen atoms in total. The number of hydrogen-bond donors (Lipinski definition) is 1. The van der Waals surface area contributed by atoms with E-state index in [9.17, 15) is 9.50 Å². The second kappa shape index (κ2) is 4.43. The summed E-state index contributed by atoms with van der Waals surface area (Å²) in [7, 11) is 0. The molecule has 0 aliphatic carbocycles. The molecule has 4 heteroatoms. The van der Waals surface area contributed by atoms with E-state index in [1.807, 2.05) is 11.4 Å². The maximum Gasteiger partial charge on any atom is 0.130 e. The number of benzene rings is 1. The van der Waals surface area contributed by atoms with Crippen molar-refractivity contribution in [2.45, 2.75) is 6.10 Å². The Bertz CT molecular complexity index is 456. The summed E-state index contributed by atoms with van der Waals surface area (Å²) >= 11 is 4.59. The van der Waals surface area contributed by atoms with E-state index in [0.717, 1.165) is 4.88 Å². The van der Waals surface area contributed by atoms with Crippen molar-refractivity contribution in [3.05, 3.63) is 56.4 Å². The van der Waals surface area contributed by atoms with Crippen molar-refractivity contribution in [2.24, 2.45) is 0 Å². The van der Waals surface area contributed by atoms with Crippen LogP contribution < -0.4 is 0 Å². The monoisotopic (exact) mass is 286 g/mol. The maximum atomic E-state index is 13.5. The van der Waals surface area contributed by atoms with E-state index in [4.69, 9.17) is 0 Å². The Balaban J connectivity index is 2.38. The fourth-order valence-electron chi connectivity index (χ4n) is 1.32. The number of rotatable bonds is 2. The lowest BCUT2D eigenvalue weighted by molar-refractivity contribution is 0.218. The molecule has 2 rings (SSSR count). The minimum Gasteiger partial charge on any atom is -0.383 e.